The lowest BCUT2D eigenvalue weighted by Crippen LogP contribution is -1.86. The first-order valence-electron chi connectivity index (χ1n) is 4.21. The second-order valence-electron chi connectivity index (χ2n) is 2.83. The normalized spacial score (nSPS) is 20.5. The van der Waals surface area contributed by atoms with Crippen LogP contribution in [-0.2, 0) is 4.74 Å². The molecule has 0 amide bonds. The van der Waals surface area contributed by atoms with Gasteiger partial charge >= 0.3 is 0 Å². The molecular weight excluding hydrogens is 124 g/mol. The molecule has 1 fully saturated rings. The Morgan fingerprint density at radius 2 is 2.10 bits per heavy atom. The predicted octanol–water partition coefficient (Wildman–Crippen LogP) is 2.73. The molecule has 1 rings (SSSR count). The molecule has 1 heteroatoms. The van der Waals surface area contributed by atoms with Gasteiger partial charge in [-0.15, -0.1) is 0 Å². The molecule has 58 valence electrons. The van der Waals surface area contributed by atoms with E-state index in [1.165, 1.54) is 25.7 Å². The van der Waals surface area contributed by atoms with E-state index < -0.39 is 0 Å². The summed E-state index contributed by atoms with van der Waals surface area (Å²) in [5.74, 6) is 0.812. The van der Waals surface area contributed by atoms with Gasteiger partial charge in [-0.3, -0.25) is 0 Å². The highest BCUT2D eigenvalue weighted by Crippen LogP contribution is 2.25. The van der Waals surface area contributed by atoms with Crippen LogP contribution in [0.5, 0.6) is 0 Å². The minimum absolute atomic E-state index is 0.795. The van der Waals surface area contributed by atoms with Crippen LogP contribution in [0, 0.1) is 5.92 Å². The maximum Gasteiger partial charge on any atom is 0.0845 e. The molecule has 0 atom stereocenters. The van der Waals surface area contributed by atoms with Crippen molar-refractivity contribution in [2.75, 3.05) is 6.61 Å². The van der Waals surface area contributed by atoms with Crippen LogP contribution in [0.15, 0.2) is 12.3 Å². The Morgan fingerprint density at radius 1 is 1.40 bits per heavy atom. The van der Waals surface area contributed by atoms with Gasteiger partial charge in [-0.05, 0) is 31.8 Å². The average Bonchev–Trinajstić information content (AvgIpc) is 2.41. The van der Waals surface area contributed by atoms with Crippen LogP contribution >= 0.6 is 0 Å². The van der Waals surface area contributed by atoms with Crippen molar-refractivity contribution >= 4 is 0 Å². The van der Waals surface area contributed by atoms with Crippen molar-refractivity contribution in [2.45, 2.75) is 32.6 Å². The Balaban J connectivity index is 2.10. The summed E-state index contributed by atoms with van der Waals surface area (Å²) in [4.78, 5) is 0. The molecule has 0 aromatic rings. The minimum Gasteiger partial charge on any atom is -0.502 e. The van der Waals surface area contributed by atoms with Crippen molar-refractivity contribution in [3.05, 3.63) is 12.3 Å². The van der Waals surface area contributed by atoms with Crippen LogP contribution in [0.25, 0.3) is 0 Å². The van der Waals surface area contributed by atoms with E-state index in [2.05, 4.69) is 6.08 Å². The summed E-state index contributed by atoms with van der Waals surface area (Å²) in [7, 11) is 0. The fourth-order valence-electron chi connectivity index (χ4n) is 1.41. The molecule has 0 N–H and O–H groups in total. The number of allylic oxidation sites excluding steroid dienone is 1. The number of hydrogen-bond donors (Lipinski definition) is 0. The lowest BCUT2D eigenvalue weighted by Gasteiger charge is -1.99. The molecule has 0 aliphatic heterocycles. The largest absolute Gasteiger partial charge is 0.502 e. The fraction of sp³-hybridized carbons (Fsp3) is 0.778. The monoisotopic (exact) mass is 140 g/mol. The van der Waals surface area contributed by atoms with E-state index in [0.717, 1.165) is 12.5 Å². The first-order chi connectivity index (χ1) is 4.93. The molecule has 0 aromatic heterocycles. The van der Waals surface area contributed by atoms with Crippen molar-refractivity contribution in [1.29, 1.82) is 0 Å². The van der Waals surface area contributed by atoms with Gasteiger partial charge in [-0.1, -0.05) is 12.8 Å². The molecule has 0 aromatic carbocycles. The molecule has 10 heavy (non-hydrogen) atoms. The highest BCUT2D eigenvalue weighted by molar-refractivity contribution is 4.86. The number of hydrogen-bond acceptors (Lipinski definition) is 1. The van der Waals surface area contributed by atoms with Crippen LogP contribution < -0.4 is 0 Å². The summed E-state index contributed by atoms with van der Waals surface area (Å²) < 4.78 is 5.11. The van der Waals surface area contributed by atoms with Gasteiger partial charge in [-0.2, -0.15) is 0 Å². The lowest BCUT2D eigenvalue weighted by atomic mass is 10.1. The van der Waals surface area contributed by atoms with Crippen molar-refractivity contribution in [3.8, 4) is 0 Å². The fourth-order valence-corrected chi connectivity index (χ4v) is 1.41. The van der Waals surface area contributed by atoms with Gasteiger partial charge in [0.1, 0.15) is 0 Å². The summed E-state index contributed by atoms with van der Waals surface area (Å²) in [5, 5.41) is 0. The lowest BCUT2D eigenvalue weighted by molar-refractivity contribution is 0.266. The highest BCUT2D eigenvalue weighted by Gasteiger charge is 2.10. The minimum atomic E-state index is 0.795. The van der Waals surface area contributed by atoms with Gasteiger partial charge in [0.05, 0.1) is 12.9 Å². The summed E-state index contributed by atoms with van der Waals surface area (Å²) in [6, 6.07) is 0. The van der Waals surface area contributed by atoms with Crippen molar-refractivity contribution < 1.29 is 4.74 Å². The van der Waals surface area contributed by atoms with Gasteiger partial charge in [0.2, 0.25) is 0 Å². The summed E-state index contributed by atoms with van der Waals surface area (Å²) in [6.07, 6.45) is 9.60. The molecule has 1 aliphatic carbocycles. The molecule has 0 radical (unpaired) electrons. The van der Waals surface area contributed by atoms with E-state index in [1.54, 1.807) is 0 Å². The smallest absolute Gasteiger partial charge is 0.0845 e. The zero-order chi connectivity index (χ0) is 7.23. The van der Waals surface area contributed by atoms with E-state index in [4.69, 9.17) is 4.74 Å². The van der Waals surface area contributed by atoms with Gasteiger partial charge in [0, 0.05) is 0 Å². The number of ether oxygens (including phenoxy) is 1. The van der Waals surface area contributed by atoms with Crippen molar-refractivity contribution in [1.82, 2.24) is 0 Å². The van der Waals surface area contributed by atoms with E-state index in [0.29, 0.717) is 0 Å². The molecule has 1 aliphatic rings. The summed E-state index contributed by atoms with van der Waals surface area (Å²) >= 11 is 0. The van der Waals surface area contributed by atoms with Crippen LogP contribution in [0.4, 0.5) is 0 Å². The zero-order valence-electron chi connectivity index (χ0n) is 6.68. The third-order valence-corrected chi connectivity index (χ3v) is 2.01. The van der Waals surface area contributed by atoms with Crippen LogP contribution in [0.2, 0.25) is 0 Å². The van der Waals surface area contributed by atoms with Crippen LogP contribution in [0.1, 0.15) is 32.6 Å². The molecule has 0 saturated heterocycles. The standard InChI is InChI=1S/C9H16O/c1-2-10-8-7-9-5-3-4-6-9/h7-9H,2-6H2,1H3/b8-7-. The zero-order valence-corrected chi connectivity index (χ0v) is 6.68. The van der Waals surface area contributed by atoms with E-state index in [-0.39, 0.29) is 0 Å². The SMILES string of the molecule is CCO/C=C\C1CCCC1. The second kappa shape index (κ2) is 4.37. The molecule has 0 spiro atoms. The maximum absolute atomic E-state index is 5.11. The van der Waals surface area contributed by atoms with Gasteiger partial charge in [0.25, 0.3) is 0 Å². The van der Waals surface area contributed by atoms with E-state index in [1.807, 2.05) is 13.2 Å². The second-order valence-corrected chi connectivity index (χ2v) is 2.83. The van der Waals surface area contributed by atoms with Gasteiger partial charge in [0.15, 0.2) is 0 Å². The quantitative estimate of drug-likeness (QED) is 0.548. The Labute approximate surface area is 63.1 Å². The molecule has 1 nitrogen and oxygen atoms in total. The maximum atomic E-state index is 5.11. The summed E-state index contributed by atoms with van der Waals surface area (Å²) in [5.41, 5.74) is 0. The molecular formula is C9H16O. The summed E-state index contributed by atoms with van der Waals surface area (Å²) in [6.45, 7) is 2.81. The van der Waals surface area contributed by atoms with Crippen molar-refractivity contribution in [2.24, 2.45) is 5.92 Å². The first kappa shape index (κ1) is 7.64. The van der Waals surface area contributed by atoms with E-state index >= 15 is 0 Å². The Morgan fingerprint density at radius 3 is 2.70 bits per heavy atom. The van der Waals surface area contributed by atoms with Gasteiger partial charge < -0.3 is 4.74 Å². The molecule has 0 bridgehead atoms. The van der Waals surface area contributed by atoms with E-state index in [9.17, 15) is 0 Å². The van der Waals surface area contributed by atoms with Gasteiger partial charge in [-0.25, -0.2) is 0 Å². The topological polar surface area (TPSA) is 9.23 Å². The molecule has 0 unspecified atom stereocenters. The predicted molar refractivity (Wildman–Crippen MR) is 42.7 cm³/mol. The number of rotatable bonds is 3. The Hall–Kier alpha value is -0.460. The average molecular weight is 140 g/mol. The third-order valence-electron chi connectivity index (χ3n) is 2.01. The molecule has 1 saturated carbocycles. The van der Waals surface area contributed by atoms with Crippen LogP contribution in [-0.4, -0.2) is 6.61 Å². The molecule has 0 heterocycles. The first-order valence-corrected chi connectivity index (χ1v) is 4.21. The Bertz CT molecular complexity index is 101. The van der Waals surface area contributed by atoms with Crippen LogP contribution in [0.3, 0.4) is 0 Å². The highest BCUT2D eigenvalue weighted by atomic mass is 16.5. The Kier molecular flexibility index (Phi) is 3.34. The van der Waals surface area contributed by atoms with Crippen molar-refractivity contribution in [3.63, 3.8) is 0 Å². The third kappa shape index (κ3) is 2.42.